The number of nitrogens with one attached hydrogen (secondary N) is 1. The number of benzene rings is 1. The van der Waals surface area contributed by atoms with Crippen molar-refractivity contribution in [1.29, 1.82) is 0 Å². The molecule has 2 atom stereocenters. The summed E-state index contributed by atoms with van der Waals surface area (Å²) >= 11 is 0. The maximum atomic E-state index is 12.7. The Balaban J connectivity index is 1.33. The van der Waals surface area contributed by atoms with E-state index in [1.165, 1.54) is 25.1 Å². The number of piperidine rings is 1. The Morgan fingerprint density at radius 2 is 1.77 bits per heavy atom. The van der Waals surface area contributed by atoms with Crippen LogP contribution in [0.2, 0.25) is 0 Å². The van der Waals surface area contributed by atoms with Crippen molar-refractivity contribution in [2.45, 2.75) is 40.3 Å². The zero-order valence-electron chi connectivity index (χ0n) is 18.6. The minimum absolute atomic E-state index is 0.125. The summed E-state index contributed by atoms with van der Waals surface area (Å²) in [5, 5.41) is 7.34. The lowest BCUT2D eigenvalue weighted by molar-refractivity contribution is 0.0950. The molecule has 1 amide bonds. The van der Waals surface area contributed by atoms with E-state index in [0.29, 0.717) is 17.9 Å². The predicted octanol–water partition coefficient (Wildman–Crippen LogP) is 3.98. The van der Waals surface area contributed by atoms with Crippen LogP contribution in [0.5, 0.6) is 0 Å². The Bertz CT molecular complexity index is 1000. The van der Waals surface area contributed by atoms with E-state index in [0.717, 1.165) is 29.6 Å². The molecule has 1 aromatic carbocycles. The van der Waals surface area contributed by atoms with Crippen LogP contribution in [0.25, 0.3) is 5.82 Å². The molecule has 2 aromatic heterocycles. The Labute approximate surface area is 184 Å². The number of carbonyl (C=O) groups is 1. The summed E-state index contributed by atoms with van der Waals surface area (Å²) < 4.78 is 1.69. The number of aromatic nitrogens is 3. The molecule has 162 valence electrons. The third-order valence-electron chi connectivity index (χ3n) is 5.95. The molecule has 1 N–H and O–H groups in total. The van der Waals surface area contributed by atoms with E-state index in [4.69, 9.17) is 0 Å². The highest BCUT2D eigenvalue weighted by atomic mass is 16.1. The van der Waals surface area contributed by atoms with E-state index in [9.17, 15) is 4.79 Å². The van der Waals surface area contributed by atoms with Crippen molar-refractivity contribution < 1.29 is 4.79 Å². The Kier molecular flexibility index (Phi) is 6.47. The van der Waals surface area contributed by atoms with Gasteiger partial charge in [-0.3, -0.25) is 9.69 Å². The standard InChI is InChI=1S/C25H31N5O/c1-18-12-19(2)16-29(15-18)17-22-9-7-21(8-10-22)13-27-25(31)23-14-28-30(20(23)3)24-6-4-5-11-26-24/h4-11,14,18-19H,12-13,15-17H2,1-3H3,(H,27,31). The fourth-order valence-corrected chi connectivity index (χ4v) is 4.56. The topological polar surface area (TPSA) is 63.1 Å². The third kappa shape index (κ3) is 5.20. The van der Waals surface area contributed by atoms with Gasteiger partial charge < -0.3 is 5.32 Å². The Hall–Kier alpha value is -2.99. The second-order valence-electron chi connectivity index (χ2n) is 8.88. The lowest BCUT2D eigenvalue weighted by Crippen LogP contribution is -2.38. The van der Waals surface area contributed by atoms with Gasteiger partial charge in [0.05, 0.1) is 17.5 Å². The minimum atomic E-state index is -0.125. The first-order chi connectivity index (χ1) is 15.0. The highest BCUT2D eigenvalue weighted by Gasteiger charge is 2.21. The summed E-state index contributed by atoms with van der Waals surface area (Å²) in [4.78, 5) is 19.5. The molecule has 3 aromatic rings. The van der Waals surface area contributed by atoms with Crippen molar-refractivity contribution in [3.63, 3.8) is 0 Å². The molecular formula is C25H31N5O. The number of hydrogen-bond donors (Lipinski definition) is 1. The molecule has 31 heavy (non-hydrogen) atoms. The summed E-state index contributed by atoms with van der Waals surface area (Å²) in [5.74, 6) is 2.11. The average molecular weight is 418 g/mol. The lowest BCUT2D eigenvalue weighted by Gasteiger charge is -2.35. The lowest BCUT2D eigenvalue weighted by atomic mass is 9.91. The van der Waals surface area contributed by atoms with Gasteiger partial charge in [0, 0.05) is 32.4 Å². The highest BCUT2D eigenvalue weighted by Crippen LogP contribution is 2.22. The zero-order valence-corrected chi connectivity index (χ0v) is 18.6. The molecule has 4 rings (SSSR count). The van der Waals surface area contributed by atoms with Crippen LogP contribution in [0.4, 0.5) is 0 Å². The van der Waals surface area contributed by atoms with Gasteiger partial charge >= 0.3 is 0 Å². The number of pyridine rings is 1. The number of rotatable bonds is 6. The van der Waals surface area contributed by atoms with Crippen LogP contribution in [-0.2, 0) is 13.1 Å². The predicted molar refractivity (Wildman–Crippen MR) is 122 cm³/mol. The summed E-state index contributed by atoms with van der Waals surface area (Å²) in [6.45, 7) is 10.4. The van der Waals surface area contributed by atoms with Gasteiger partial charge in [0.2, 0.25) is 0 Å². The number of likely N-dealkylation sites (tertiary alicyclic amines) is 1. The fraction of sp³-hybridized carbons (Fsp3) is 0.400. The van der Waals surface area contributed by atoms with Crippen molar-refractivity contribution in [2.24, 2.45) is 11.8 Å². The van der Waals surface area contributed by atoms with Crippen LogP contribution < -0.4 is 5.32 Å². The average Bonchev–Trinajstić information content (AvgIpc) is 3.14. The van der Waals surface area contributed by atoms with Gasteiger partial charge in [0.15, 0.2) is 5.82 Å². The summed E-state index contributed by atoms with van der Waals surface area (Å²) in [6, 6.07) is 14.2. The van der Waals surface area contributed by atoms with Crippen molar-refractivity contribution >= 4 is 5.91 Å². The first kappa shape index (κ1) is 21.2. The van der Waals surface area contributed by atoms with E-state index in [-0.39, 0.29) is 5.91 Å². The smallest absolute Gasteiger partial charge is 0.255 e. The van der Waals surface area contributed by atoms with Crippen LogP contribution in [0, 0.1) is 18.8 Å². The van der Waals surface area contributed by atoms with Crippen molar-refractivity contribution in [2.75, 3.05) is 13.1 Å². The van der Waals surface area contributed by atoms with E-state index < -0.39 is 0 Å². The van der Waals surface area contributed by atoms with Crippen molar-refractivity contribution in [3.8, 4) is 5.82 Å². The number of hydrogen-bond acceptors (Lipinski definition) is 4. The van der Waals surface area contributed by atoms with Gasteiger partial charge in [-0.15, -0.1) is 0 Å². The molecule has 0 spiro atoms. The van der Waals surface area contributed by atoms with Gasteiger partial charge in [-0.05, 0) is 48.4 Å². The number of amides is 1. The quantitative estimate of drug-likeness (QED) is 0.659. The number of nitrogens with zero attached hydrogens (tertiary/aromatic N) is 4. The molecule has 2 unspecified atom stereocenters. The van der Waals surface area contributed by atoms with Gasteiger partial charge in [-0.25, -0.2) is 9.67 Å². The largest absolute Gasteiger partial charge is 0.348 e. The van der Waals surface area contributed by atoms with Crippen LogP contribution in [0.1, 0.15) is 47.4 Å². The van der Waals surface area contributed by atoms with Crippen LogP contribution in [0.3, 0.4) is 0 Å². The molecule has 6 nitrogen and oxygen atoms in total. The second kappa shape index (κ2) is 9.43. The molecule has 1 saturated heterocycles. The fourth-order valence-electron chi connectivity index (χ4n) is 4.56. The summed E-state index contributed by atoms with van der Waals surface area (Å²) in [7, 11) is 0. The van der Waals surface area contributed by atoms with Crippen LogP contribution in [-0.4, -0.2) is 38.7 Å². The molecule has 0 saturated carbocycles. The zero-order chi connectivity index (χ0) is 21.8. The molecule has 0 bridgehead atoms. The summed E-state index contributed by atoms with van der Waals surface area (Å²) in [5.41, 5.74) is 3.75. The van der Waals surface area contributed by atoms with Crippen molar-refractivity contribution in [3.05, 3.63) is 77.2 Å². The molecule has 0 radical (unpaired) electrons. The van der Waals surface area contributed by atoms with Crippen LogP contribution >= 0.6 is 0 Å². The van der Waals surface area contributed by atoms with Gasteiger partial charge in [0.25, 0.3) is 5.91 Å². The molecule has 1 fully saturated rings. The van der Waals surface area contributed by atoms with E-state index in [1.807, 2.05) is 25.1 Å². The van der Waals surface area contributed by atoms with E-state index >= 15 is 0 Å². The normalized spacial score (nSPS) is 19.3. The van der Waals surface area contributed by atoms with E-state index in [1.54, 1.807) is 17.1 Å². The Morgan fingerprint density at radius 3 is 2.45 bits per heavy atom. The van der Waals surface area contributed by atoms with Crippen molar-refractivity contribution in [1.82, 2.24) is 25.0 Å². The minimum Gasteiger partial charge on any atom is -0.348 e. The Morgan fingerprint density at radius 1 is 1.06 bits per heavy atom. The first-order valence-corrected chi connectivity index (χ1v) is 11.0. The van der Waals surface area contributed by atoms with Gasteiger partial charge in [-0.1, -0.05) is 44.2 Å². The molecule has 1 aliphatic heterocycles. The maximum Gasteiger partial charge on any atom is 0.255 e. The molecule has 1 aliphatic rings. The molecular weight excluding hydrogens is 386 g/mol. The molecule has 3 heterocycles. The third-order valence-corrected chi connectivity index (χ3v) is 5.95. The van der Waals surface area contributed by atoms with Gasteiger partial charge in [-0.2, -0.15) is 5.10 Å². The van der Waals surface area contributed by atoms with Crippen LogP contribution in [0.15, 0.2) is 54.9 Å². The molecule has 6 heteroatoms. The summed E-state index contributed by atoms with van der Waals surface area (Å²) in [6.07, 6.45) is 4.64. The monoisotopic (exact) mass is 417 g/mol. The van der Waals surface area contributed by atoms with Gasteiger partial charge in [0.1, 0.15) is 0 Å². The first-order valence-electron chi connectivity index (χ1n) is 11.0. The number of carbonyl (C=O) groups excluding carboxylic acids is 1. The SMILES string of the molecule is Cc1c(C(=O)NCc2ccc(CN3CC(C)CC(C)C3)cc2)cnn1-c1ccccn1. The van der Waals surface area contributed by atoms with E-state index in [2.05, 4.69) is 58.4 Å². The molecule has 0 aliphatic carbocycles. The second-order valence-corrected chi connectivity index (χ2v) is 8.88. The highest BCUT2D eigenvalue weighted by molar-refractivity contribution is 5.95. The maximum absolute atomic E-state index is 12.7.